The molecule has 0 amide bonds. The third-order valence-corrected chi connectivity index (χ3v) is 18.3. The molecule has 0 saturated heterocycles. The monoisotopic (exact) mass is 556 g/mol. The van der Waals surface area contributed by atoms with Gasteiger partial charge < -0.3 is 14.4 Å². The molecule has 0 N–H and O–H groups in total. The lowest BCUT2D eigenvalue weighted by molar-refractivity contribution is 0.592. The molecule has 0 radical (unpaired) electrons. The van der Waals surface area contributed by atoms with Crippen LogP contribution in [0.5, 0.6) is 0 Å². The molecule has 3 aromatic carbocycles. The Morgan fingerprint density at radius 1 is 0.692 bits per heavy atom. The van der Waals surface area contributed by atoms with Crippen LogP contribution in [0.25, 0.3) is 0 Å². The summed E-state index contributed by atoms with van der Waals surface area (Å²) in [5, 5.41) is 2.80. The van der Waals surface area contributed by atoms with E-state index in [1.807, 2.05) is 28.2 Å². The molecular formula is C34H45N2OPSi. The van der Waals surface area contributed by atoms with Crippen molar-refractivity contribution < 1.29 is 4.57 Å². The summed E-state index contributed by atoms with van der Waals surface area (Å²) in [5.41, 5.74) is 11.1. The summed E-state index contributed by atoms with van der Waals surface area (Å²) >= 11 is 0. The highest BCUT2D eigenvalue weighted by Crippen LogP contribution is 2.49. The van der Waals surface area contributed by atoms with Gasteiger partial charge in [0.1, 0.15) is 8.07 Å². The zero-order valence-electron chi connectivity index (χ0n) is 25.5. The SMILES string of the molecule is CC(C)[Si](C#Cc1ccc(P2(=O)c3cc(N(C)C)ccc3Cc3ccc(N(C)C)cc32)cc1)(C(C)C)C(C)C. The first kappa shape index (κ1) is 29.3. The molecule has 1 aliphatic rings. The molecule has 0 aliphatic carbocycles. The molecule has 4 rings (SSSR count). The average Bonchev–Trinajstić information content (AvgIpc) is 2.88. The third-order valence-electron chi connectivity index (χ3n) is 8.75. The van der Waals surface area contributed by atoms with E-state index in [0.717, 1.165) is 50.4 Å². The topological polar surface area (TPSA) is 23.6 Å². The lowest BCUT2D eigenvalue weighted by Gasteiger charge is -2.38. The summed E-state index contributed by atoms with van der Waals surface area (Å²) in [6, 6.07) is 21.2. The predicted octanol–water partition coefficient (Wildman–Crippen LogP) is 6.93. The van der Waals surface area contributed by atoms with Crippen LogP contribution in [0.3, 0.4) is 0 Å². The molecule has 1 aliphatic heterocycles. The van der Waals surface area contributed by atoms with Gasteiger partial charge in [-0.3, -0.25) is 0 Å². The van der Waals surface area contributed by atoms with Gasteiger partial charge in [-0.2, -0.15) is 0 Å². The van der Waals surface area contributed by atoms with Crippen molar-refractivity contribution in [2.75, 3.05) is 38.0 Å². The second kappa shape index (κ2) is 11.0. The van der Waals surface area contributed by atoms with Crippen LogP contribution in [0.2, 0.25) is 16.6 Å². The minimum Gasteiger partial charge on any atom is -0.378 e. The molecule has 39 heavy (non-hydrogen) atoms. The Balaban J connectivity index is 1.87. The summed E-state index contributed by atoms with van der Waals surface area (Å²) < 4.78 is 15.5. The maximum absolute atomic E-state index is 15.5. The van der Waals surface area contributed by atoms with Gasteiger partial charge in [0, 0.05) is 61.0 Å². The highest BCUT2D eigenvalue weighted by atomic mass is 31.2. The lowest BCUT2D eigenvalue weighted by atomic mass is 10.0. The fourth-order valence-corrected chi connectivity index (χ4v) is 14.9. The number of fused-ring (bicyclic) bond motifs is 2. The number of anilines is 2. The first-order chi connectivity index (χ1) is 18.3. The zero-order chi connectivity index (χ0) is 28.7. The number of rotatable bonds is 6. The Morgan fingerprint density at radius 2 is 1.13 bits per heavy atom. The molecule has 1 heterocycles. The van der Waals surface area contributed by atoms with E-state index in [1.165, 1.54) is 0 Å². The molecule has 206 valence electrons. The smallest absolute Gasteiger partial charge is 0.171 e. The minimum atomic E-state index is -3.09. The Hall–Kier alpha value is -2.73. The van der Waals surface area contributed by atoms with Gasteiger partial charge in [0.2, 0.25) is 0 Å². The molecular weight excluding hydrogens is 511 g/mol. The predicted molar refractivity (Wildman–Crippen MR) is 175 cm³/mol. The van der Waals surface area contributed by atoms with Crippen LogP contribution in [0, 0.1) is 11.5 Å². The molecule has 0 spiro atoms. The van der Waals surface area contributed by atoms with E-state index >= 15 is 4.57 Å². The first-order valence-corrected chi connectivity index (χ1v) is 18.1. The maximum Gasteiger partial charge on any atom is 0.171 e. The Kier molecular flexibility index (Phi) is 8.28. The van der Waals surface area contributed by atoms with Gasteiger partial charge in [-0.15, -0.1) is 5.54 Å². The highest BCUT2D eigenvalue weighted by molar-refractivity contribution is 7.85. The van der Waals surface area contributed by atoms with Crippen LogP contribution in [-0.4, -0.2) is 36.3 Å². The highest BCUT2D eigenvalue weighted by Gasteiger charge is 2.42. The molecule has 0 atom stereocenters. The normalized spacial score (nSPS) is 14.1. The van der Waals surface area contributed by atoms with Gasteiger partial charge in [0.15, 0.2) is 7.14 Å². The summed E-state index contributed by atoms with van der Waals surface area (Å²) in [4.78, 5) is 4.17. The van der Waals surface area contributed by atoms with Gasteiger partial charge in [-0.05, 0) is 82.7 Å². The zero-order valence-corrected chi connectivity index (χ0v) is 27.4. The van der Waals surface area contributed by atoms with Crippen molar-refractivity contribution in [3.05, 3.63) is 77.4 Å². The van der Waals surface area contributed by atoms with E-state index < -0.39 is 15.2 Å². The second-order valence-electron chi connectivity index (χ2n) is 12.4. The quantitative estimate of drug-likeness (QED) is 0.146. The molecule has 0 aromatic heterocycles. The fraction of sp³-hybridized carbons (Fsp3) is 0.412. The van der Waals surface area contributed by atoms with Crippen molar-refractivity contribution in [2.24, 2.45) is 0 Å². The summed E-state index contributed by atoms with van der Waals surface area (Å²) in [7, 11) is 3.23. The van der Waals surface area contributed by atoms with Crippen LogP contribution in [0.15, 0.2) is 60.7 Å². The van der Waals surface area contributed by atoms with E-state index in [9.17, 15) is 0 Å². The summed E-state index contributed by atoms with van der Waals surface area (Å²) in [6.07, 6.45) is 0.798. The molecule has 0 bridgehead atoms. The van der Waals surface area contributed by atoms with Crippen LogP contribution < -0.4 is 25.7 Å². The number of nitrogens with zero attached hydrogens (tertiary/aromatic N) is 2. The van der Waals surface area contributed by atoms with Gasteiger partial charge in [-0.25, -0.2) is 0 Å². The van der Waals surface area contributed by atoms with Gasteiger partial charge in [0.05, 0.1) is 0 Å². The first-order valence-electron chi connectivity index (χ1n) is 14.2. The van der Waals surface area contributed by atoms with E-state index in [0.29, 0.717) is 16.6 Å². The van der Waals surface area contributed by atoms with Crippen molar-refractivity contribution in [2.45, 2.75) is 64.6 Å². The maximum atomic E-state index is 15.5. The van der Waals surface area contributed by atoms with E-state index in [2.05, 4.69) is 123 Å². The molecule has 5 heteroatoms. The van der Waals surface area contributed by atoms with Crippen molar-refractivity contribution in [1.29, 1.82) is 0 Å². The fourth-order valence-electron chi connectivity index (χ4n) is 6.53. The summed E-state index contributed by atoms with van der Waals surface area (Å²) in [5.74, 6) is 3.57. The Morgan fingerprint density at radius 3 is 1.51 bits per heavy atom. The third kappa shape index (κ3) is 5.12. The summed E-state index contributed by atoms with van der Waals surface area (Å²) in [6.45, 7) is 14.1. The number of hydrogen-bond acceptors (Lipinski definition) is 3. The van der Waals surface area contributed by atoms with Gasteiger partial charge in [-0.1, -0.05) is 59.6 Å². The Bertz CT molecular complexity index is 1380. The number of hydrogen-bond donors (Lipinski definition) is 0. The molecule has 0 fully saturated rings. The van der Waals surface area contributed by atoms with Crippen molar-refractivity contribution in [3.63, 3.8) is 0 Å². The van der Waals surface area contributed by atoms with Crippen LogP contribution in [-0.2, 0) is 11.0 Å². The molecule has 3 aromatic rings. The van der Waals surface area contributed by atoms with E-state index in [4.69, 9.17) is 0 Å². The lowest BCUT2D eigenvalue weighted by Crippen LogP contribution is -2.43. The van der Waals surface area contributed by atoms with Crippen LogP contribution in [0.1, 0.15) is 58.2 Å². The minimum absolute atomic E-state index is 0.590. The van der Waals surface area contributed by atoms with E-state index in [1.54, 1.807) is 0 Å². The van der Waals surface area contributed by atoms with Crippen LogP contribution >= 0.6 is 7.14 Å². The largest absolute Gasteiger partial charge is 0.378 e. The number of benzene rings is 3. The molecule has 0 saturated carbocycles. The Labute approximate surface area is 238 Å². The standard InChI is InChI=1S/C34H45N2OPSi/c1-24(2)39(25(3)4,26(5)6)20-19-27-11-17-32(18-12-27)38(37)33-22-30(35(7)8)15-13-28(33)21-29-14-16-31(36(9)10)23-34(29)38/h11-18,22-26H,21H2,1-10H3. The average molecular weight is 557 g/mol. The van der Waals surface area contributed by atoms with Crippen molar-refractivity contribution in [1.82, 2.24) is 0 Å². The van der Waals surface area contributed by atoms with Crippen molar-refractivity contribution >= 4 is 42.5 Å². The molecule has 3 nitrogen and oxygen atoms in total. The second-order valence-corrected chi connectivity index (χ2v) is 20.7. The van der Waals surface area contributed by atoms with E-state index in [-0.39, 0.29) is 0 Å². The molecule has 0 unspecified atom stereocenters. The van der Waals surface area contributed by atoms with Crippen molar-refractivity contribution in [3.8, 4) is 11.5 Å². The van der Waals surface area contributed by atoms with Gasteiger partial charge >= 0.3 is 0 Å². The van der Waals surface area contributed by atoms with Crippen LogP contribution in [0.4, 0.5) is 11.4 Å². The van der Waals surface area contributed by atoms with Gasteiger partial charge in [0.25, 0.3) is 0 Å².